The second-order valence-corrected chi connectivity index (χ2v) is 5.48. The molecule has 0 amide bonds. The monoisotopic (exact) mass is 304 g/mol. The Kier molecular flexibility index (Phi) is 6.52. The van der Waals surface area contributed by atoms with Gasteiger partial charge in [0.2, 0.25) is 0 Å². The highest BCUT2D eigenvalue weighted by Crippen LogP contribution is 2.31. The Morgan fingerprint density at radius 1 is 1.27 bits per heavy atom. The molecule has 1 heterocycles. The number of nitrogens with zero attached hydrogens (tertiary/aromatic N) is 2. The number of hydrogen-bond acceptors (Lipinski definition) is 3. The number of guanidine groups is 1. The van der Waals surface area contributed by atoms with E-state index >= 15 is 0 Å². The van der Waals surface area contributed by atoms with Gasteiger partial charge < -0.3 is 15.4 Å². The van der Waals surface area contributed by atoms with Gasteiger partial charge in [0.25, 0.3) is 0 Å². The quantitative estimate of drug-likeness (QED) is 0.623. The van der Waals surface area contributed by atoms with Crippen molar-refractivity contribution in [1.29, 1.82) is 0 Å². The third-order valence-electron chi connectivity index (χ3n) is 4.11. The van der Waals surface area contributed by atoms with Crippen molar-refractivity contribution in [2.24, 2.45) is 4.99 Å². The zero-order valence-corrected chi connectivity index (χ0v) is 13.9. The van der Waals surface area contributed by atoms with Gasteiger partial charge in [-0.3, -0.25) is 9.89 Å². The molecule has 0 unspecified atom stereocenters. The zero-order chi connectivity index (χ0) is 15.8. The molecular formula is C17H28N4O. The Labute approximate surface area is 133 Å². The Hall–Kier alpha value is -1.75. The van der Waals surface area contributed by atoms with E-state index < -0.39 is 0 Å². The van der Waals surface area contributed by atoms with Gasteiger partial charge in [-0.25, -0.2) is 0 Å². The molecule has 0 radical (unpaired) electrons. The molecule has 122 valence electrons. The van der Waals surface area contributed by atoms with Crippen molar-refractivity contribution < 1.29 is 4.74 Å². The summed E-state index contributed by atoms with van der Waals surface area (Å²) in [5.74, 6) is 1.81. The van der Waals surface area contributed by atoms with E-state index in [-0.39, 0.29) is 0 Å². The summed E-state index contributed by atoms with van der Waals surface area (Å²) in [4.78, 5) is 6.79. The molecule has 0 saturated carbocycles. The van der Waals surface area contributed by atoms with E-state index in [0.717, 1.165) is 37.9 Å². The van der Waals surface area contributed by atoms with Gasteiger partial charge in [0, 0.05) is 25.7 Å². The summed E-state index contributed by atoms with van der Waals surface area (Å²) in [7, 11) is 3.55. The number of methoxy groups -OCH3 is 1. The number of benzene rings is 1. The maximum atomic E-state index is 5.57. The predicted octanol–water partition coefficient (Wildman–Crippen LogP) is 2.02. The average Bonchev–Trinajstić information content (AvgIpc) is 3.08. The molecule has 0 aliphatic carbocycles. The van der Waals surface area contributed by atoms with Crippen LogP contribution >= 0.6 is 0 Å². The highest BCUT2D eigenvalue weighted by atomic mass is 16.5. The van der Waals surface area contributed by atoms with E-state index in [9.17, 15) is 0 Å². The normalized spacial score (nSPS) is 17.3. The summed E-state index contributed by atoms with van der Waals surface area (Å²) in [6, 6.07) is 8.61. The predicted molar refractivity (Wildman–Crippen MR) is 91.6 cm³/mol. The van der Waals surface area contributed by atoms with Crippen LogP contribution in [0.3, 0.4) is 0 Å². The van der Waals surface area contributed by atoms with Crippen molar-refractivity contribution in [3.8, 4) is 5.75 Å². The molecule has 1 atom stereocenters. The number of hydrogen-bond donors (Lipinski definition) is 2. The summed E-state index contributed by atoms with van der Waals surface area (Å²) in [6.45, 7) is 6.04. The molecule has 2 rings (SSSR count). The van der Waals surface area contributed by atoms with Gasteiger partial charge >= 0.3 is 0 Å². The molecule has 1 aliphatic rings. The lowest BCUT2D eigenvalue weighted by atomic mass is 10.0. The summed E-state index contributed by atoms with van der Waals surface area (Å²) in [5, 5.41) is 6.69. The molecular weight excluding hydrogens is 276 g/mol. The minimum Gasteiger partial charge on any atom is -0.496 e. The number of rotatable bonds is 6. The maximum absolute atomic E-state index is 5.57. The largest absolute Gasteiger partial charge is 0.496 e. The molecule has 0 spiro atoms. The third-order valence-corrected chi connectivity index (χ3v) is 4.11. The van der Waals surface area contributed by atoms with Crippen molar-refractivity contribution in [3.05, 3.63) is 29.8 Å². The second-order valence-electron chi connectivity index (χ2n) is 5.48. The van der Waals surface area contributed by atoms with Crippen LogP contribution in [-0.2, 0) is 0 Å². The van der Waals surface area contributed by atoms with Crippen LogP contribution in [0, 0.1) is 0 Å². The highest BCUT2D eigenvalue weighted by molar-refractivity contribution is 5.79. The van der Waals surface area contributed by atoms with E-state index in [1.54, 1.807) is 14.2 Å². The number of nitrogens with one attached hydrogen (secondary N) is 2. The van der Waals surface area contributed by atoms with Crippen LogP contribution in [-0.4, -0.2) is 51.2 Å². The molecule has 1 aliphatic heterocycles. The summed E-state index contributed by atoms with van der Waals surface area (Å²) < 4.78 is 5.57. The van der Waals surface area contributed by atoms with Crippen LogP contribution in [0.1, 0.15) is 31.4 Å². The van der Waals surface area contributed by atoms with Gasteiger partial charge in [0.15, 0.2) is 5.96 Å². The Morgan fingerprint density at radius 2 is 2.00 bits per heavy atom. The van der Waals surface area contributed by atoms with Gasteiger partial charge in [-0.1, -0.05) is 18.2 Å². The van der Waals surface area contributed by atoms with E-state index in [2.05, 4.69) is 39.6 Å². The lowest BCUT2D eigenvalue weighted by molar-refractivity contribution is 0.239. The first-order valence-corrected chi connectivity index (χ1v) is 8.11. The van der Waals surface area contributed by atoms with Crippen molar-refractivity contribution in [2.75, 3.05) is 40.3 Å². The number of ether oxygens (including phenoxy) is 1. The van der Waals surface area contributed by atoms with Crippen LogP contribution in [0.5, 0.6) is 5.75 Å². The van der Waals surface area contributed by atoms with E-state index in [4.69, 9.17) is 4.74 Å². The molecule has 5 heteroatoms. The van der Waals surface area contributed by atoms with Crippen LogP contribution in [0.4, 0.5) is 0 Å². The summed E-state index contributed by atoms with van der Waals surface area (Å²) in [5.41, 5.74) is 1.24. The first kappa shape index (κ1) is 16.6. The lowest BCUT2D eigenvalue weighted by Crippen LogP contribution is -2.42. The Morgan fingerprint density at radius 3 is 2.64 bits per heavy atom. The fourth-order valence-electron chi connectivity index (χ4n) is 3.01. The van der Waals surface area contributed by atoms with E-state index in [1.807, 2.05) is 12.1 Å². The van der Waals surface area contributed by atoms with Gasteiger partial charge in [0.1, 0.15) is 5.75 Å². The average molecular weight is 304 g/mol. The van der Waals surface area contributed by atoms with Crippen LogP contribution in [0.2, 0.25) is 0 Å². The van der Waals surface area contributed by atoms with Crippen molar-refractivity contribution in [1.82, 2.24) is 15.5 Å². The number of likely N-dealkylation sites (tertiary alicyclic amines) is 1. The molecule has 1 aromatic rings. The molecule has 2 N–H and O–H groups in total. The molecule has 22 heavy (non-hydrogen) atoms. The van der Waals surface area contributed by atoms with E-state index in [1.165, 1.54) is 18.4 Å². The van der Waals surface area contributed by atoms with Gasteiger partial charge in [0.05, 0.1) is 13.2 Å². The first-order chi connectivity index (χ1) is 10.8. The molecule has 1 fully saturated rings. The van der Waals surface area contributed by atoms with Crippen molar-refractivity contribution in [3.63, 3.8) is 0 Å². The van der Waals surface area contributed by atoms with Gasteiger partial charge in [-0.15, -0.1) is 0 Å². The summed E-state index contributed by atoms with van der Waals surface area (Å²) >= 11 is 0. The van der Waals surface area contributed by atoms with Gasteiger partial charge in [-0.2, -0.15) is 0 Å². The fourth-order valence-corrected chi connectivity index (χ4v) is 3.01. The molecule has 0 aromatic heterocycles. The maximum Gasteiger partial charge on any atom is 0.191 e. The lowest BCUT2D eigenvalue weighted by Gasteiger charge is -2.29. The molecule has 0 bridgehead atoms. The fraction of sp³-hybridized carbons (Fsp3) is 0.588. The number of para-hydroxylation sites is 1. The third kappa shape index (κ3) is 4.13. The summed E-state index contributed by atoms with van der Waals surface area (Å²) in [6.07, 6.45) is 2.54. The minimum absolute atomic E-state index is 0.300. The van der Waals surface area contributed by atoms with Crippen molar-refractivity contribution in [2.45, 2.75) is 25.8 Å². The van der Waals surface area contributed by atoms with Gasteiger partial charge in [-0.05, 0) is 38.9 Å². The standard InChI is InChI=1S/C17H28N4O/c1-4-19-17(18-2)20-13-15(21-11-7-8-12-21)14-9-5-6-10-16(14)22-3/h5-6,9-10,15H,4,7-8,11-13H2,1-3H3,(H2,18,19,20)/t15-/m0/s1. The van der Waals surface area contributed by atoms with Crippen molar-refractivity contribution >= 4 is 5.96 Å². The Balaban J connectivity index is 2.16. The Bertz CT molecular complexity index is 483. The van der Waals surface area contributed by atoms with Crippen LogP contribution in [0.15, 0.2) is 29.3 Å². The highest BCUT2D eigenvalue weighted by Gasteiger charge is 2.25. The molecule has 1 aromatic carbocycles. The smallest absolute Gasteiger partial charge is 0.191 e. The topological polar surface area (TPSA) is 48.9 Å². The first-order valence-electron chi connectivity index (χ1n) is 8.11. The number of aliphatic imine (C=N–C) groups is 1. The second kappa shape index (κ2) is 8.63. The van der Waals surface area contributed by atoms with Crippen LogP contribution < -0.4 is 15.4 Å². The zero-order valence-electron chi connectivity index (χ0n) is 13.9. The SMILES string of the molecule is CCNC(=NC)NC[C@@H](c1ccccc1OC)N1CCCC1. The minimum atomic E-state index is 0.300. The van der Waals surface area contributed by atoms with Crippen LogP contribution in [0.25, 0.3) is 0 Å². The molecule has 1 saturated heterocycles. The van der Waals surface area contributed by atoms with E-state index in [0.29, 0.717) is 6.04 Å². The molecule has 5 nitrogen and oxygen atoms in total.